The standard InChI is InChI=1S/C19H24N2O.C6H12O7/c22-19-16-6-2-4-14-3-1-5-15(18(14)16)11-21(19)17-12-20-9-7-13(17)8-10-20;7-1-2(8)3(9)4(10)5(11)6(12)13/h2,4,6,13,15,17H,1,3,5,7-12H2;2-5,7-11H,1H2,(H,12,13)/t15-,17-;2-,3+,4+,5+/m10/s1. The summed E-state index contributed by atoms with van der Waals surface area (Å²) in [5, 5.41) is 51.8. The van der Waals surface area contributed by atoms with Crippen molar-refractivity contribution in [3.63, 3.8) is 0 Å². The number of aliphatic hydroxyl groups excluding tert-OH is 5. The summed E-state index contributed by atoms with van der Waals surface area (Å²) in [4.78, 5) is 28.1. The molecule has 0 spiro atoms. The molecular formula is C25H36N2O8. The van der Waals surface area contributed by atoms with Crippen LogP contribution in [0.15, 0.2) is 18.2 Å². The van der Waals surface area contributed by atoms with E-state index in [1.807, 2.05) is 0 Å². The Bertz CT molecular complexity index is 919. The first-order valence-electron chi connectivity index (χ1n) is 12.4. The highest BCUT2D eigenvalue weighted by atomic mass is 16.4. The SMILES string of the molecule is O=C(O)[C@H](O)[C@H](O)[C@H](O)[C@@H](O)CO.O=C1c2cccc3c2[C@H](CCC3)CN1[C@@H]1CN2CCC1CC2. The maximum atomic E-state index is 13.1. The summed E-state index contributed by atoms with van der Waals surface area (Å²) in [5.74, 6) is -0.0826. The van der Waals surface area contributed by atoms with Crippen LogP contribution in [-0.2, 0) is 11.2 Å². The molecule has 1 aromatic carbocycles. The number of benzene rings is 1. The summed E-state index contributed by atoms with van der Waals surface area (Å²) >= 11 is 0. The molecule has 0 radical (unpaired) electrons. The first-order chi connectivity index (χ1) is 16.7. The molecule has 35 heavy (non-hydrogen) atoms. The summed E-state index contributed by atoms with van der Waals surface area (Å²) in [6.07, 6.45) is -1.57. The predicted molar refractivity (Wildman–Crippen MR) is 125 cm³/mol. The van der Waals surface area contributed by atoms with Crippen molar-refractivity contribution >= 4 is 11.9 Å². The molecule has 4 heterocycles. The lowest BCUT2D eigenvalue weighted by Gasteiger charge is -2.51. The molecule has 3 saturated heterocycles. The van der Waals surface area contributed by atoms with Gasteiger partial charge in [-0.05, 0) is 68.3 Å². The van der Waals surface area contributed by atoms with Crippen molar-refractivity contribution in [1.29, 1.82) is 0 Å². The number of hydrogen-bond donors (Lipinski definition) is 6. The number of carbonyl (C=O) groups is 2. The second kappa shape index (κ2) is 10.9. The van der Waals surface area contributed by atoms with E-state index in [1.165, 1.54) is 49.9 Å². The second-order valence-corrected chi connectivity index (χ2v) is 10.1. The fourth-order valence-corrected chi connectivity index (χ4v) is 6.08. The van der Waals surface area contributed by atoms with Crippen molar-refractivity contribution in [2.24, 2.45) is 5.92 Å². The number of rotatable bonds is 6. The van der Waals surface area contributed by atoms with Crippen LogP contribution in [0.5, 0.6) is 0 Å². The number of aliphatic hydroxyl groups is 5. The highest BCUT2D eigenvalue weighted by Gasteiger charge is 2.43. The maximum absolute atomic E-state index is 13.1. The van der Waals surface area contributed by atoms with Gasteiger partial charge in [-0.15, -0.1) is 0 Å². The highest BCUT2D eigenvalue weighted by molar-refractivity contribution is 5.98. The lowest BCUT2D eigenvalue weighted by Crippen LogP contribution is -2.60. The third-order valence-electron chi connectivity index (χ3n) is 8.04. The minimum atomic E-state index is -2.20. The number of amides is 1. The van der Waals surface area contributed by atoms with Crippen LogP contribution in [-0.4, -0.2) is 116 Å². The van der Waals surface area contributed by atoms with Crippen molar-refractivity contribution in [1.82, 2.24) is 9.80 Å². The van der Waals surface area contributed by atoms with Crippen LogP contribution >= 0.6 is 0 Å². The molecule has 2 bridgehead atoms. The normalized spacial score (nSPS) is 30.4. The van der Waals surface area contributed by atoms with Gasteiger partial charge in [0.2, 0.25) is 0 Å². The quantitative estimate of drug-likeness (QED) is 0.297. The lowest BCUT2D eigenvalue weighted by molar-refractivity contribution is -0.164. The third-order valence-corrected chi connectivity index (χ3v) is 8.04. The van der Waals surface area contributed by atoms with Gasteiger partial charge in [0.25, 0.3) is 5.91 Å². The summed E-state index contributed by atoms with van der Waals surface area (Å²) < 4.78 is 0. The Kier molecular flexibility index (Phi) is 8.09. The van der Waals surface area contributed by atoms with Gasteiger partial charge in [-0.2, -0.15) is 0 Å². The highest BCUT2D eigenvalue weighted by Crippen LogP contribution is 2.41. The van der Waals surface area contributed by atoms with E-state index in [-0.39, 0.29) is 0 Å². The summed E-state index contributed by atoms with van der Waals surface area (Å²) in [7, 11) is 0. The second-order valence-electron chi connectivity index (χ2n) is 10.1. The van der Waals surface area contributed by atoms with Gasteiger partial charge >= 0.3 is 5.97 Å². The van der Waals surface area contributed by atoms with E-state index in [0.717, 1.165) is 31.0 Å². The molecule has 3 fully saturated rings. The van der Waals surface area contributed by atoms with Crippen LogP contribution in [0.4, 0.5) is 0 Å². The van der Waals surface area contributed by atoms with E-state index in [9.17, 15) is 9.59 Å². The average Bonchev–Trinajstić information content (AvgIpc) is 2.89. The number of carboxylic acids is 1. The zero-order valence-corrected chi connectivity index (χ0v) is 19.7. The molecule has 1 amide bonds. The Morgan fingerprint density at radius 1 is 1.03 bits per heavy atom. The molecule has 1 aliphatic carbocycles. The lowest BCUT2D eigenvalue weighted by atomic mass is 9.75. The van der Waals surface area contributed by atoms with Gasteiger partial charge in [-0.1, -0.05) is 12.1 Å². The summed E-state index contributed by atoms with van der Waals surface area (Å²) in [5.41, 5.74) is 3.86. The molecule has 10 heteroatoms. The number of aliphatic carboxylic acids is 1. The molecule has 5 aliphatic rings. The predicted octanol–water partition coefficient (Wildman–Crippen LogP) is -0.837. The van der Waals surface area contributed by atoms with Gasteiger partial charge in [0, 0.05) is 30.6 Å². The zero-order valence-electron chi connectivity index (χ0n) is 19.7. The van der Waals surface area contributed by atoms with Crippen molar-refractivity contribution in [3.8, 4) is 0 Å². The third kappa shape index (κ3) is 5.23. The van der Waals surface area contributed by atoms with Gasteiger partial charge < -0.3 is 40.4 Å². The van der Waals surface area contributed by atoms with Crippen molar-refractivity contribution in [3.05, 3.63) is 34.9 Å². The maximum Gasteiger partial charge on any atom is 0.335 e. The molecule has 4 aliphatic heterocycles. The minimum absolute atomic E-state index is 0.314. The Labute approximate surface area is 204 Å². The zero-order chi connectivity index (χ0) is 25.3. The molecule has 0 saturated carbocycles. The van der Waals surface area contributed by atoms with Gasteiger partial charge in [0.15, 0.2) is 6.10 Å². The smallest absolute Gasteiger partial charge is 0.335 e. The fraction of sp³-hybridized carbons (Fsp3) is 0.680. The van der Waals surface area contributed by atoms with Crippen LogP contribution in [0.2, 0.25) is 0 Å². The molecule has 194 valence electrons. The van der Waals surface area contributed by atoms with E-state index in [4.69, 9.17) is 30.6 Å². The molecule has 1 aromatic rings. The van der Waals surface area contributed by atoms with E-state index in [1.54, 1.807) is 0 Å². The van der Waals surface area contributed by atoms with Crippen LogP contribution in [0.1, 0.15) is 53.1 Å². The Hall–Kier alpha value is -2.08. The largest absolute Gasteiger partial charge is 0.479 e. The van der Waals surface area contributed by atoms with Crippen molar-refractivity contribution < 1.29 is 40.2 Å². The van der Waals surface area contributed by atoms with Gasteiger partial charge in [-0.25, -0.2) is 4.79 Å². The number of piperidine rings is 3. The molecule has 6 atom stereocenters. The van der Waals surface area contributed by atoms with Gasteiger partial charge in [0.1, 0.15) is 18.3 Å². The van der Waals surface area contributed by atoms with E-state index >= 15 is 0 Å². The molecule has 6 N–H and O–H groups in total. The van der Waals surface area contributed by atoms with Crippen LogP contribution < -0.4 is 0 Å². The van der Waals surface area contributed by atoms with Crippen LogP contribution in [0.25, 0.3) is 0 Å². The van der Waals surface area contributed by atoms with E-state index < -0.39 is 37.0 Å². The first kappa shape index (κ1) is 26.0. The first-order valence-corrected chi connectivity index (χ1v) is 12.4. The molecule has 6 rings (SSSR count). The minimum Gasteiger partial charge on any atom is -0.479 e. The molecular weight excluding hydrogens is 456 g/mol. The molecule has 0 aromatic heterocycles. The Morgan fingerprint density at radius 3 is 2.34 bits per heavy atom. The van der Waals surface area contributed by atoms with Crippen LogP contribution in [0.3, 0.4) is 0 Å². The number of nitrogens with zero attached hydrogens (tertiary/aromatic N) is 2. The topological polar surface area (TPSA) is 162 Å². The Morgan fingerprint density at radius 2 is 1.74 bits per heavy atom. The van der Waals surface area contributed by atoms with Gasteiger partial charge in [0.05, 0.1) is 6.61 Å². The average molecular weight is 493 g/mol. The fourth-order valence-electron chi connectivity index (χ4n) is 6.08. The number of fused-ring (bicyclic) bond motifs is 3. The number of hydrogen-bond acceptors (Lipinski definition) is 8. The van der Waals surface area contributed by atoms with Gasteiger partial charge in [-0.3, -0.25) is 4.79 Å². The molecule has 0 unspecified atom stereocenters. The van der Waals surface area contributed by atoms with Crippen LogP contribution in [0, 0.1) is 5.92 Å². The van der Waals surface area contributed by atoms with E-state index in [2.05, 4.69) is 28.0 Å². The Balaban J connectivity index is 0.000000193. The van der Waals surface area contributed by atoms with Crippen molar-refractivity contribution in [2.75, 3.05) is 32.8 Å². The number of carboxylic acid groups (broad SMARTS) is 1. The van der Waals surface area contributed by atoms with Crippen molar-refractivity contribution in [2.45, 2.75) is 68.5 Å². The number of carbonyl (C=O) groups excluding carboxylic acids is 1. The summed E-state index contributed by atoms with van der Waals surface area (Å²) in [6, 6.07) is 6.87. The summed E-state index contributed by atoms with van der Waals surface area (Å²) in [6.45, 7) is 3.72. The monoisotopic (exact) mass is 492 g/mol. The number of aryl methyl sites for hydroxylation is 1. The molecule has 10 nitrogen and oxygen atoms in total. The van der Waals surface area contributed by atoms with E-state index in [0.29, 0.717) is 17.9 Å².